The third-order valence-electron chi connectivity index (χ3n) is 3.03. The van der Waals surface area contributed by atoms with Crippen LogP contribution in [0.15, 0.2) is 12.4 Å². The Balaban J connectivity index is 1.83. The lowest BCUT2D eigenvalue weighted by atomic mass is 10.2. The SMILES string of the molecule is Cn1ccnc1CCNC1(C(F)(F)F)CC1. The van der Waals surface area contributed by atoms with Crippen molar-refractivity contribution in [3.8, 4) is 0 Å². The molecule has 2 rings (SSSR count). The van der Waals surface area contributed by atoms with Gasteiger partial charge in [0.05, 0.1) is 0 Å². The van der Waals surface area contributed by atoms with Crippen LogP contribution in [-0.2, 0) is 13.5 Å². The Labute approximate surface area is 91.7 Å². The molecular weight excluding hydrogens is 219 g/mol. The monoisotopic (exact) mass is 233 g/mol. The zero-order valence-electron chi connectivity index (χ0n) is 9.01. The van der Waals surface area contributed by atoms with Gasteiger partial charge in [-0.3, -0.25) is 0 Å². The molecule has 1 aromatic rings. The number of hydrogen-bond acceptors (Lipinski definition) is 2. The van der Waals surface area contributed by atoms with Gasteiger partial charge in [0.25, 0.3) is 0 Å². The minimum atomic E-state index is -4.13. The molecule has 1 saturated carbocycles. The van der Waals surface area contributed by atoms with E-state index in [1.807, 2.05) is 11.6 Å². The van der Waals surface area contributed by atoms with Crippen molar-refractivity contribution in [2.75, 3.05) is 6.54 Å². The first kappa shape index (κ1) is 11.4. The summed E-state index contributed by atoms with van der Waals surface area (Å²) in [5, 5.41) is 2.60. The summed E-state index contributed by atoms with van der Waals surface area (Å²) < 4.78 is 39.5. The predicted molar refractivity (Wildman–Crippen MR) is 52.9 cm³/mol. The van der Waals surface area contributed by atoms with Gasteiger partial charge in [0.1, 0.15) is 11.4 Å². The quantitative estimate of drug-likeness (QED) is 0.857. The number of aryl methyl sites for hydroxylation is 1. The number of nitrogens with zero attached hydrogens (tertiary/aromatic N) is 2. The van der Waals surface area contributed by atoms with Crippen LogP contribution < -0.4 is 5.32 Å². The van der Waals surface area contributed by atoms with E-state index in [1.54, 1.807) is 12.4 Å². The van der Waals surface area contributed by atoms with Crippen molar-refractivity contribution < 1.29 is 13.2 Å². The lowest BCUT2D eigenvalue weighted by molar-refractivity contribution is -0.165. The number of hydrogen-bond donors (Lipinski definition) is 1. The van der Waals surface area contributed by atoms with Gasteiger partial charge in [-0.1, -0.05) is 0 Å². The Morgan fingerprint density at radius 2 is 2.19 bits per heavy atom. The van der Waals surface area contributed by atoms with Gasteiger partial charge in [0.2, 0.25) is 0 Å². The molecule has 0 bridgehead atoms. The summed E-state index contributed by atoms with van der Waals surface area (Å²) in [6.45, 7) is 0.310. The smallest absolute Gasteiger partial charge is 0.338 e. The molecule has 0 radical (unpaired) electrons. The molecular formula is C10H14F3N3. The number of halogens is 3. The number of rotatable bonds is 4. The average Bonchev–Trinajstić information content (AvgIpc) is 2.87. The van der Waals surface area contributed by atoms with Gasteiger partial charge in [-0.2, -0.15) is 13.2 Å². The number of alkyl halides is 3. The summed E-state index contributed by atoms with van der Waals surface area (Å²) in [6, 6.07) is 0. The maximum atomic E-state index is 12.6. The van der Waals surface area contributed by atoms with Crippen LogP contribution >= 0.6 is 0 Å². The van der Waals surface area contributed by atoms with E-state index in [9.17, 15) is 13.2 Å². The van der Waals surface area contributed by atoms with Crippen LogP contribution in [0.3, 0.4) is 0 Å². The summed E-state index contributed by atoms with van der Waals surface area (Å²) in [7, 11) is 1.83. The highest BCUT2D eigenvalue weighted by molar-refractivity contribution is 5.08. The molecule has 1 aliphatic rings. The largest absolute Gasteiger partial charge is 0.406 e. The molecule has 6 heteroatoms. The van der Waals surface area contributed by atoms with E-state index in [2.05, 4.69) is 10.3 Å². The Bertz CT molecular complexity index is 366. The van der Waals surface area contributed by atoms with Crippen LogP contribution in [0, 0.1) is 0 Å². The molecule has 1 aliphatic carbocycles. The lowest BCUT2D eigenvalue weighted by Gasteiger charge is -2.20. The fourth-order valence-corrected chi connectivity index (χ4v) is 1.74. The van der Waals surface area contributed by atoms with E-state index < -0.39 is 11.7 Å². The first-order chi connectivity index (χ1) is 7.45. The molecule has 16 heavy (non-hydrogen) atoms. The second-order valence-electron chi connectivity index (χ2n) is 4.21. The van der Waals surface area contributed by atoms with E-state index in [4.69, 9.17) is 0 Å². The van der Waals surface area contributed by atoms with Crippen LogP contribution in [0.1, 0.15) is 18.7 Å². The molecule has 0 amide bonds. The Hall–Kier alpha value is -1.04. The van der Waals surface area contributed by atoms with Crippen LogP contribution in [0.5, 0.6) is 0 Å². The van der Waals surface area contributed by atoms with Crippen molar-refractivity contribution in [1.29, 1.82) is 0 Å². The van der Waals surface area contributed by atoms with E-state index in [0.29, 0.717) is 13.0 Å². The molecule has 1 fully saturated rings. The fraction of sp³-hybridized carbons (Fsp3) is 0.700. The zero-order valence-corrected chi connectivity index (χ0v) is 9.01. The van der Waals surface area contributed by atoms with Crippen molar-refractivity contribution in [2.45, 2.75) is 31.0 Å². The highest BCUT2D eigenvalue weighted by Gasteiger charge is 2.62. The molecule has 0 aromatic carbocycles. The topological polar surface area (TPSA) is 29.9 Å². The van der Waals surface area contributed by atoms with Crippen LogP contribution in [0.25, 0.3) is 0 Å². The Morgan fingerprint density at radius 3 is 2.62 bits per heavy atom. The van der Waals surface area contributed by atoms with Crippen molar-refractivity contribution in [3.05, 3.63) is 18.2 Å². The highest BCUT2D eigenvalue weighted by Crippen LogP contribution is 2.48. The molecule has 0 unspecified atom stereocenters. The molecule has 0 atom stereocenters. The number of aromatic nitrogens is 2. The third kappa shape index (κ3) is 2.07. The third-order valence-corrected chi connectivity index (χ3v) is 3.03. The molecule has 1 heterocycles. The van der Waals surface area contributed by atoms with Crippen LogP contribution in [-0.4, -0.2) is 27.8 Å². The van der Waals surface area contributed by atoms with E-state index in [1.165, 1.54) is 0 Å². The molecule has 0 spiro atoms. The molecule has 0 saturated heterocycles. The summed E-state index contributed by atoms with van der Waals surface area (Å²) in [5.41, 5.74) is -1.61. The minimum absolute atomic E-state index is 0.192. The van der Waals surface area contributed by atoms with Crippen molar-refractivity contribution >= 4 is 0 Å². The molecule has 0 aliphatic heterocycles. The van der Waals surface area contributed by atoms with Gasteiger partial charge in [-0.25, -0.2) is 4.98 Å². The Kier molecular flexibility index (Phi) is 2.69. The first-order valence-electron chi connectivity index (χ1n) is 5.23. The Morgan fingerprint density at radius 1 is 1.50 bits per heavy atom. The molecule has 1 N–H and O–H groups in total. The maximum Gasteiger partial charge on any atom is 0.406 e. The lowest BCUT2D eigenvalue weighted by Crippen LogP contribution is -2.45. The fourth-order valence-electron chi connectivity index (χ4n) is 1.74. The summed E-state index contributed by atoms with van der Waals surface area (Å²) in [4.78, 5) is 4.06. The van der Waals surface area contributed by atoms with Gasteiger partial charge < -0.3 is 9.88 Å². The number of imidazole rings is 1. The van der Waals surface area contributed by atoms with Crippen molar-refractivity contribution in [1.82, 2.24) is 14.9 Å². The van der Waals surface area contributed by atoms with Gasteiger partial charge in [-0.05, 0) is 12.8 Å². The van der Waals surface area contributed by atoms with Crippen molar-refractivity contribution in [3.63, 3.8) is 0 Å². The average molecular weight is 233 g/mol. The van der Waals surface area contributed by atoms with E-state index >= 15 is 0 Å². The van der Waals surface area contributed by atoms with E-state index in [-0.39, 0.29) is 12.8 Å². The van der Waals surface area contributed by atoms with Gasteiger partial charge >= 0.3 is 6.18 Å². The van der Waals surface area contributed by atoms with Gasteiger partial charge in [0, 0.05) is 32.4 Å². The normalized spacial score (nSPS) is 18.8. The summed E-state index contributed by atoms with van der Waals surface area (Å²) in [5.74, 6) is 0.797. The zero-order chi connectivity index (χ0) is 11.8. The van der Waals surface area contributed by atoms with Crippen molar-refractivity contribution in [2.24, 2.45) is 7.05 Å². The van der Waals surface area contributed by atoms with Crippen LogP contribution in [0.4, 0.5) is 13.2 Å². The van der Waals surface area contributed by atoms with E-state index in [0.717, 1.165) is 5.82 Å². The van der Waals surface area contributed by atoms with Gasteiger partial charge in [0.15, 0.2) is 0 Å². The molecule has 3 nitrogen and oxygen atoms in total. The number of nitrogens with one attached hydrogen (secondary N) is 1. The van der Waals surface area contributed by atoms with Gasteiger partial charge in [-0.15, -0.1) is 0 Å². The molecule has 90 valence electrons. The summed E-state index contributed by atoms with van der Waals surface area (Å²) in [6.07, 6.45) is 0.196. The first-order valence-corrected chi connectivity index (χ1v) is 5.23. The summed E-state index contributed by atoms with van der Waals surface area (Å²) >= 11 is 0. The molecule has 1 aromatic heterocycles. The highest BCUT2D eigenvalue weighted by atomic mass is 19.4. The minimum Gasteiger partial charge on any atom is -0.338 e. The standard InChI is InChI=1S/C10H14F3N3/c1-16-7-6-14-8(16)2-5-15-9(3-4-9)10(11,12)13/h6-7,15H,2-5H2,1H3. The predicted octanol–water partition coefficient (Wildman–Crippen LogP) is 1.65. The maximum absolute atomic E-state index is 12.6. The van der Waals surface area contributed by atoms with Crippen LogP contribution in [0.2, 0.25) is 0 Å². The second-order valence-corrected chi connectivity index (χ2v) is 4.21. The second kappa shape index (κ2) is 3.76.